The predicted molar refractivity (Wildman–Crippen MR) is 153 cm³/mol. The van der Waals surface area contributed by atoms with E-state index in [9.17, 15) is 19.2 Å². The molecule has 11 heteroatoms. The molecule has 210 valence electrons. The van der Waals surface area contributed by atoms with E-state index in [-0.39, 0.29) is 30.8 Å². The minimum atomic E-state index is -1.00. The smallest absolute Gasteiger partial charge is 0.306 e. The highest BCUT2D eigenvalue weighted by atomic mass is 32.1. The van der Waals surface area contributed by atoms with Crippen LogP contribution in [0.4, 0.5) is 0 Å². The Morgan fingerprint density at radius 3 is 2.17 bits per heavy atom. The van der Waals surface area contributed by atoms with Gasteiger partial charge in [0.25, 0.3) is 0 Å². The summed E-state index contributed by atoms with van der Waals surface area (Å²) in [4.78, 5) is 47.6. The highest BCUT2D eigenvalue weighted by Gasteiger charge is 2.20. The summed E-state index contributed by atoms with van der Waals surface area (Å²) < 4.78 is 19.0. The number of hydrogen-bond acceptors (Lipinski definition) is 9. The summed E-state index contributed by atoms with van der Waals surface area (Å²) in [6, 6.07) is 12.7. The van der Waals surface area contributed by atoms with Gasteiger partial charge >= 0.3 is 11.9 Å². The fourth-order valence-electron chi connectivity index (χ4n) is 3.94. The number of benzene rings is 2. The van der Waals surface area contributed by atoms with Crippen molar-refractivity contribution in [3.05, 3.63) is 52.2 Å². The van der Waals surface area contributed by atoms with Crippen LogP contribution in [0, 0.1) is 5.92 Å². The van der Waals surface area contributed by atoms with Gasteiger partial charge in [0.05, 0.1) is 42.4 Å². The Hall–Kier alpha value is -3.96. The molecule has 4 aromatic rings. The molecule has 9 nitrogen and oxygen atoms in total. The molecule has 0 saturated heterocycles. The normalized spacial score (nSPS) is 11.8. The number of fused-ring (bicyclic) bond motifs is 2. The average molecular weight is 585 g/mol. The van der Waals surface area contributed by atoms with Crippen LogP contribution in [-0.2, 0) is 9.59 Å². The van der Waals surface area contributed by atoms with Crippen LogP contribution >= 0.6 is 22.7 Å². The second-order valence-electron chi connectivity index (χ2n) is 9.20. The number of carboxylic acids is 2. The van der Waals surface area contributed by atoms with Crippen molar-refractivity contribution in [2.45, 2.75) is 32.6 Å². The van der Waals surface area contributed by atoms with Crippen LogP contribution < -0.4 is 14.2 Å². The minimum absolute atomic E-state index is 0.0268. The zero-order valence-electron chi connectivity index (χ0n) is 21.9. The van der Waals surface area contributed by atoms with Crippen LogP contribution in [0.15, 0.2) is 42.5 Å². The summed E-state index contributed by atoms with van der Waals surface area (Å²) in [5, 5.41) is 19.6. The monoisotopic (exact) mass is 584 g/mol. The molecule has 0 fully saturated rings. The van der Waals surface area contributed by atoms with Gasteiger partial charge in [-0.15, -0.1) is 22.7 Å². The van der Waals surface area contributed by atoms with Gasteiger partial charge in [0.2, 0.25) is 0 Å². The van der Waals surface area contributed by atoms with Gasteiger partial charge in [-0.05, 0) is 47.2 Å². The third-order valence-electron chi connectivity index (χ3n) is 6.14. The standard InChI is InChI=1S/C29H28O9S2/c1-16(29(34)35)10-21(31)27-13-18-11-23(22(36-2)15-25(18)40-27)38-9-3-8-37-19-5-4-17-12-26(39-24(17)14-19)20(30)6-7-28(32)33/h4-5,11-16H,3,6-10H2,1-2H3,(H,32,33)(H,34,35). The lowest BCUT2D eigenvalue weighted by Crippen LogP contribution is -2.13. The summed E-state index contributed by atoms with van der Waals surface area (Å²) in [5.41, 5.74) is 0. The van der Waals surface area contributed by atoms with Crippen molar-refractivity contribution in [2.75, 3.05) is 20.3 Å². The Morgan fingerprint density at radius 1 is 0.800 bits per heavy atom. The average Bonchev–Trinajstić information content (AvgIpc) is 3.54. The Bertz CT molecular complexity index is 1570. The van der Waals surface area contributed by atoms with Gasteiger partial charge in [-0.1, -0.05) is 6.92 Å². The van der Waals surface area contributed by atoms with Crippen LogP contribution in [0.5, 0.6) is 17.2 Å². The second kappa shape index (κ2) is 12.9. The van der Waals surface area contributed by atoms with Crippen LogP contribution in [0.2, 0.25) is 0 Å². The number of thiophene rings is 2. The van der Waals surface area contributed by atoms with E-state index < -0.39 is 17.9 Å². The highest BCUT2D eigenvalue weighted by molar-refractivity contribution is 7.21. The van der Waals surface area contributed by atoms with E-state index in [1.165, 1.54) is 36.7 Å². The van der Waals surface area contributed by atoms with Crippen molar-refractivity contribution in [1.29, 1.82) is 0 Å². The number of carbonyl (C=O) groups is 4. The Balaban J connectivity index is 1.32. The first-order chi connectivity index (χ1) is 19.1. The first-order valence-electron chi connectivity index (χ1n) is 12.6. The number of aliphatic carboxylic acids is 2. The summed E-state index contributed by atoms with van der Waals surface area (Å²) in [7, 11) is 1.54. The lowest BCUT2D eigenvalue weighted by atomic mass is 10.0. The van der Waals surface area contributed by atoms with Crippen molar-refractivity contribution < 1.29 is 43.6 Å². The lowest BCUT2D eigenvalue weighted by Gasteiger charge is -2.11. The highest BCUT2D eigenvalue weighted by Crippen LogP contribution is 2.37. The van der Waals surface area contributed by atoms with Crippen LogP contribution in [0.25, 0.3) is 20.2 Å². The summed E-state index contributed by atoms with van der Waals surface area (Å²) in [6.45, 7) is 2.26. The van der Waals surface area contributed by atoms with Gasteiger partial charge < -0.3 is 24.4 Å². The number of Topliss-reactive ketones (excluding diaryl/α,β-unsaturated/α-hetero) is 2. The van der Waals surface area contributed by atoms with E-state index in [4.69, 9.17) is 24.4 Å². The molecule has 1 unspecified atom stereocenters. The molecule has 40 heavy (non-hydrogen) atoms. The van der Waals surface area contributed by atoms with E-state index in [0.717, 1.165) is 20.2 Å². The number of hydrogen-bond donors (Lipinski definition) is 2. The van der Waals surface area contributed by atoms with E-state index in [1.807, 2.05) is 24.3 Å². The van der Waals surface area contributed by atoms with E-state index >= 15 is 0 Å². The van der Waals surface area contributed by atoms with E-state index in [0.29, 0.717) is 46.6 Å². The maximum atomic E-state index is 12.5. The molecule has 0 radical (unpaired) electrons. The second-order valence-corrected chi connectivity index (χ2v) is 11.4. The van der Waals surface area contributed by atoms with Crippen LogP contribution in [-0.4, -0.2) is 54.0 Å². The minimum Gasteiger partial charge on any atom is -0.493 e. The van der Waals surface area contributed by atoms with Gasteiger partial charge in [-0.3, -0.25) is 19.2 Å². The molecule has 4 rings (SSSR count). The maximum absolute atomic E-state index is 12.5. The summed E-state index contributed by atoms with van der Waals surface area (Å²) >= 11 is 2.61. The fourth-order valence-corrected chi connectivity index (χ4v) is 6.02. The molecule has 1 atom stereocenters. The SMILES string of the molecule is COc1cc2sc(C(=O)CC(C)C(=O)O)cc2cc1OCCCOc1ccc2cc(C(=O)CCC(=O)O)sc2c1. The molecule has 0 aliphatic rings. The Kier molecular flexibility index (Phi) is 9.38. The first kappa shape index (κ1) is 29.0. The number of ether oxygens (including phenoxy) is 3. The number of carbonyl (C=O) groups excluding carboxylic acids is 2. The number of rotatable bonds is 15. The van der Waals surface area contributed by atoms with Gasteiger partial charge in [-0.2, -0.15) is 0 Å². The number of ketones is 2. The lowest BCUT2D eigenvalue weighted by molar-refractivity contribution is -0.141. The largest absolute Gasteiger partial charge is 0.493 e. The van der Waals surface area contributed by atoms with Crippen molar-refractivity contribution >= 4 is 66.4 Å². The molecule has 0 amide bonds. The van der Waals surface area contributed by atoms with Crippen molar-refractivity contribution in [3.63, 3.8) is 0 Å². The van der Waals surface area contributed by atoms with Crippen LogP contribution in [0.3, 0.4) is 0 Å². The molecule has 2 heterocycles. The zero-order chi connectivity index (χ0) is 28.8. The Labute approximate surface area is 237 Å². The molecule has 0 aliphatic heterocycles. The molecule has 2 aromatic carbocycles. The molecule has 0 bridgehead atoms. The topological polar surface area (TPSA) is 136 Å². The molecule has 0 aliphatic carbocycles. The van der Waals surface area contributed by atoms with Crippen molar-refractivity contribution in [1.82, 2.24) is 0 Å². The van der Waals surface area contributed by atoms with Gasteiger partial charge in [0, 0.05) is 34.7 Å². The quantitative estimate of drug-likeness (QED) is 0.122. The van der Waals surface area contributed by atoms with Crippen molar-refractivity contribution in [2.24, 2.45) is 5.92 Å². The zero-order valence-corrected chi connectivity index (χ0v) is 23.6. The summed E-state index contributed by atoms with van der Waals surface area (Å²) in [6.07, 6.45) is 0.309. The number of carboxylic acid groups (broad SMARTS) is 2. The number of methoxy groups -OCH3 is 1. The van der Waals surface area contributed by atoms with Gasteiger partial charge in [0.15, 0.2) is 23.1 Å². The summed E-state index contributed by atoms with van der Waals surface area (Å²) in [5.74, 6) is -1.42. The fraction of sp³-hybridized carbons (Fsp3) is 0.310. The Morgan fingerprint density at radius 2 is 1.48 bits per heavy atom. The van der Waals surface area contributed by atoms with Gasteiger partial charge in [-0.25, -0.2) is 0 Å². The molecule has 2 N–H and O–H groups in total. The van der Waals surface area contributed by atoms with E-state index in [2.05, 4.69) is 0 Å². The molecule has 0 saturated carbocycles. The molecular weight excluding hydrogens is 556 g/mol. The predicted octanol–water partition coefficient (Wildman–Crippen LogP) is 6.31. The third kappa shape index (κ3) is 7.16. The molecule has 2 aromatic heterocycles. The van der Waals surface area contributed by atoms with Crippen LogP contribution in [0.1, 0.15) is 52.0 Å². The maximum Gasteiger partial charge on any atom is 0.306 e. The van der Waals surface area contributed by atoms with Crippen molar-refractivity contribution in [3.8, 4) is 17.2 Å². The molecular formula is C29H28O9S2. The molecule has 0 spiro atoms. The van der Waals surface area contributed by atoms with Gasteiger partial charge in [0.1, 0.15) is 5.75 Å². The first-order valence-corrected chi connectivity index (χ1v) is 14.2. The van der Waals surface area contributed by atoms with E-state index in [1.54, 1.807) is 18.2 Å². The third-order valence-corrected chi connectivity index (χ3v) is 8.42.